The lowest BCUT2D eigenvalue weighted by Crippen LogP contribution is -2.27. The number of nitrogens with two attached hydrogens (primary N) is 1. The fourth-order valence-electron chi connectivity index (χ4n) is 1.44. The zero-order valence-corrected chi connectivity index (χ0v) is 10.0. The van der Waals surface area contributed by atoms with Gasteiger partial charge in [-0.3, -0.25) is 5.84 Å². The van der Waals surface area contributed by atoms with Gasteiger partial charge in [0.15, 0.2) is 0 Å². The summed E-state index contributed by atoms with van der Waals surface area (Å²) in [5, 5.41) is 0. The first-order chi connectivity index (χ1) is 6.79. The van der Waals surface area contributed by atoms with Gasteiger partial charge < -0.3 is 4.42 Å². The minimum Gasteiger partial charge on any atom is -0.466 e. The molecule has 0 saturated carbocycles. The van der Waals surface area contributed by atoms with Crippen LogP contribution in [0, 0.1) is 0 Å². The Morgan fingerprint density at radius 2 is 2.36 bits per heavy atom. The van der Waals surface area contributed by atoms with Crippen LogP contribution >= 0.6 is 15.9 Å². The number of unbranched alkanes of at least 4 members (excludes halogenated alkanes) is 2. The van der Waals surface area contributed by atoms with Gasteiger partial charge >= 0.3 is 0 Å². The van der Waals surface area contributed by atoms with Crippen LogP contribution < -0.4 is 11.3 Å². The molecule has 3 N–H and O–H groups in total. The standard InChI is InChI=1S/C10H17BrN2O/c1-2-3-4-5-9(13-12)10-8(11)6-7-14-10/h6-7,9,13H,2-5,12H2,1H3. The topological polar surface area (TPSA) is 51.2 Å². The van der Waals surface area contributed by atoms with Crippen molar-refractivity contribution in [3.05, 3.63) is 22.6 Å². The lowest BCUT2D eigenvalue weighted by molar-refractivity contribution is 0.388. The van der Waals surface area contributed by atoms with Crippen LogP contribution in [-0.4, -0.2) is 0 Å². The molecular weight excluding hydrogens is 244 g/mol. The van der Waals surface area contributed by atoms with Gasteiger partial charge in [0.05, 0.1) is 16.8 Å². The largest absolute Gasteiger partial charge is 0.466 e. The molecule has 0 spiro atoms. The third-order valence-corrected chi connectivity index (χ3v) is 2.91. The Kier molecular flexibility index (Phi) is 5.22. The van der Waals surface area contributed by atoms with Crippen LogP contribution in [0.25, 0.3) is 0 Å². The number of hydrogen-bond donors (Lipinski definition) is 2. The van der Waals surface area contributed by atoms with Crippen molar-refractivity contribution < 1.29 is 4.42 Å². The van der Waals surface area contributed by atoms with Crippen LogP contribution in [0.5, 0.6) is 0 Å². The van der Waals surface area contributed by atoms with E-state index in [1.165, 1.54) is 19.3 Å². The van der Waals surface area contributed by atoms with Gasteiger partial charge in [-0.15, -0.1) is 0 Å². The second kappa shape index (κ2) is 6.22. The highest BCUT2D eigenvalue weighted by Gasteiger charge is 2.15. The number of furan rings is 1. The molecule has 1 unspecified atom stereocenters. The van der Waals surface area contributed by atoms with E-state index in [1.807, 2.05) is 6.07 Å². The normalized spacial score (nSPS) is 13.1. The second-order valence-electron chi connectivity index (χ2n) is 3.35. The number of rotatable bonds is 6. The maximum atomic E-state index is 5.48. The van der Waals surface area contributed by atoms with Gasteiger partial charge in [0.2, 0.25) is 0 Å². The zero-order valence-electron chi connectivity index (χ0n) is 8.42. The van der Waals surface area contributed by atoms with E-state index in [4.69, 9.17) is 10.3 Å². The molecule has 1 aromatic rings. The predicted molar refractivity (Wildman–Crippen MR) is 60.6 cm³/mol. The van der Waals surface area contributed by atoms with E-state index in [9.17, 15) is 0 Å². The molecule has 0 amide bonds. The van der Waals surface area contributed by atoms with Crippen molar-refractivity contribution in [2.75, 3.05) is 0 Å². The maximum absolute atomic E-state index is 5.48. The highest BCUT2D eigenvalue weighted by Crippen LogP contribution is 2.27. The van der Waals surface area contributed by atoms with Crippen molar-refractivity contribution in [2.24, 2.45) is 5.84 Å². The van der Waals surface area contributed by atoms with Crippen LogP contribution in [0.4, 0.5) is 0 Å². The highest BCUT2D eigenvalue weighted by atomic mass is 79.9. The molecule has 0 aliphatic carbocycles. The molecule has 1 aromatic heterocycles. The summed E-state index contributed by atoms with van der Waals surface area (Å²) in [7, 11) is 0. The van der Waals surface area contributed by atoms with Gasteiger partial charge in [-0.1, -0.05) is 26.2 Å². The predicted octanol–water partition coefficient (Wildman–Crippen LogP) is 3.13. The van der Waals surface area contributed by atoms with Crippen LogP contribution in [0.1, 0.15) is 44.4 Å². The van der Waals surface area contributed by atoms with E-state index in [2.05, 4.69) is 28.3 Å². The summed E-state index contributed by atoms with van der Waals surface area (Å²) >= 11 is 3.43. The number of nitrogens with one attached hydrogen (secondary N) is 1. The maximum Gasteiger partial charge on any atom is 0.136 e. The fraction of sp³-hybridized carbons (Fsp3) is 0.600. The molecular formula is C10H17BrN2O. The highest BCUT2D eigenvalue weighted by molar-refractivity contribution is 9.10. The third-order valence-electron chi connectivity index (χ3n) is 2.26. The van der Waals surface area contributed by atoms with Crippen molar-refractivity contribution in [2.45, 2.75) is 38.6 Å². The van der Waals surface area contributed by atoms with Crippen LogP contribution in [0.3, 0.4) is 0 Å². The first-order valence-electron chi connectivity index (χ1n) is 4.98. The molecule has 0 aliphatic heterocycles. The third kappa shape index (κ3) is 3.12. The fourth-order valence-corrected chi connectivity index (χ4v) is 1.92. The molecule has 0 bridgehead atoms. The summed E-state index contributed by atoms with van der Waals surface area (Å²) in [6, 6.07) is 2.00. The first kappa shape index (κ1) is 11.8. The van der Waals surface area contributed by atoms with Crippen LogP contribution in [0.15, 0.2) is 21.2 Å². The summed E-state index contributed by atoms with van der Waals surface area (Å²) < 4.78 is 6.34. The Labute approximate surface area is 93.1 Å². The molecule has 0 fully saturated rings. The van der Waals surface area contributed by atoms with E-state index in [-0.39, 0.29) is 6.04 Å². The van der Waals surface area contributed by atoms with Gasteiger partial charge in [-0.25, -0.2) is 5.43 Å². The molecule has 4 heteroatoms. The lowest BCUT2D eigenvalue weighted by Gasteiger charge is -2.13. The Hall–Kier alpha value is -0.320. The van der Waals surface area contributed by atoms with E-state index in [0.717, 1.165) is 16.7 Å². The second-order valence-corrected chi connectivity index (χ2v) is 4.20. The van der Waals surface area contributed by atoms with Gasteiger partial charge in [-0.05, 0) is 28.4 Å². The van der Waals surface area contributed by atoms with Crippen LogP contribution in [-0.2, 0) is 0 Å². The van der Waals surface area contributed by atoms with E-state index >= 15 is 0 Å². The Morgan fingerprint density at radius 3 is 2.86 bits per heavy atom. The quantitative estimate of drug-likeness (QED) is 0.470. The summed E-state index contributed by atoms with van der Waals surface area (Å²) in [6.45, 7) is 2.19. The van der Waals surface area contributed by atoms with Crippen molar-refractivity contribution >= 4 is 15.9 Å². The average molecular weight is 261 g/mol. The summed E-state index contributed by atoms with van der Waals surface area (Å²) in [5.74, 6) is 6.38. The molecule has 1 heterocycles. The zero-order chi connectivity index (χ0) is 10.4. The van der Waals surface area contributed by atoms with E-state index in [1.54, 1.807) is 6.26 Å². The minimum absolute atomic E-state index is 0.117. The Balaban J connectivity index is 2.50. The SMILES string of the molecule is CCCCCC(NN)c1occc1Br. The number of hydrogen-bond acceptors (Lipinski definition) is 3. The first-order valence-corrected chi connectivity index (χ1v) is 5.78. The van der Waals surface area contributed by atoms with Gasteiger partial charge in [-0.2, -0.15) is 0 Å². The molecule has 0 aliphatic rings. The Bertz CT molecular complexity index is 262. The minimum atomic E-state index is 0.117. The molecule has 1 atom stereocenters. The molecule has 0 saturated heterocycles. The summed E-state index contributed by atoms with van der Waals surface area (Å²) in [5.41, 5.74) is 2.78. The Morgan fingerprint density at radius 1 is 1.57 bits per heavy atom. The summed E-state index contributed by atoms with van der Waals surface area (Å²) in [4.78, 5) is 0. The number of halogens is 1. The van der Waals surface area contributed by atoms with E-state index < -0.39 is 0 Å². The van der Waals surface area contributed by atoms with Crippen molar-refractivity contribution in [1.29, 1.82) is 0 Å². The average Bonchev–Trinajstić information content (AvgIpc) is 2.60. The van der Waals surface area contributed by atoms with Gasteiger partial charge in [0.1, 0.15) is 5.76 Å². The molecule has 14 heavy (non-hydrogen) atoms. The summed E-state index contributed by atoms with van der Waals surface area (Å²) in [6.07, 6.45) is 6.30. The molecule has 1 rings (SSSR count). The smallest absolute Gasteiger partial charge is 0.136 e. The van der Waals surface area contributed by atoms with Crippen molar-refractivity contribution in [1.82, 2.24) is 5.43 Å². The molecule has 80 valence electrons. The molecule has 3 nitrogen and oxygen atoms in total. The van der Waals surface area contributed by atoms with Crippen molar-refractivity contribution in [3.8, 4) is 0 Å². The monoisotopic (exact) mass is 260 g/mol. The van der Waals surface area contributed by atoms with Crippen molar-refractivity contribution in [3.63, 3.8) is 0 Å². The van der Waals surface area contributed by atoms with Gasteiger partial charge in [0, 0.05) is 0 Å². The van der Waals surface area contributed by atoms with E-state index in [0.29, 0.717) is 0 Å². The molecule has 0 radical (unpaired) electrons. The number of hydrazine groups is 1. The van der Waals surface area contributed by atoms with Gasteiger partial charge in [0.25, 0.3) is 0 Å². The van der Waals surface area contributed by atoms with Crippen LogP contribution in [0.2, 0.25) is 0 Å². The molecule has 0 aromatic carbocycles. The lowest BCUT2D eigenvalue weighted by atomic mass is 10.1.